The van der Waals surface area contributed by atoms with Crippen LogP contribution < -0.4 is 15.4 Å². The van der Waals surface area contributed by atoms with Gasteiger partial charge in [0.15, 0.2) is 5.96 Å². The first-order valence-corrected chi connectivity index (χ1v) is 10.4. The monoisotopic (exact) mass is 418 g/mol. The third-order valence-electron chi connectivity index (χ3n) is 4.94. The SMILES string of the molecule is CCNC(=NCc1ccc2cc(OC)ccc2c1)NCc1ccc(C(=O)N(C)C)cc1. The second-order valence-electron chi connectivity index (χ2n) is 7.49. The van der Waals surface area contributed by atoms with Gasteiger partial charge in [-0.25, -0.2) is 4.99 Å². The van der Waals surface area contributed by atoms with Gasteiger partial charge in [-0.15, -0.1) is 0 Å². The van der Waals surface area contributed by atoms with Crippen LogP contribution in [0.2, 0.25) is 0 Å². The van der Waals surface area contributed by atoms with E-state index < -0.39 is 0 Å². The van der Waals surface area contributed by atoms with Gasteiger partial charge in [0.2, 0.25) is 0 Å². The summed E-state index contributed by atoms with van der Waals surface area (Å²) in [6.07, 6.45) is 0. The minimum atomic E-state index is 0.00300. The van der Waals surface area contributed by atoms with Gasteiger partial charge in [0.25, 0.3) is 5.91 Å². The fourth-order valence-electron chi connectivity index (χ4n) is 3.22. The molecule has 6 heteroatoms. The molecule has 6 nitrogen and oxygen atoms in total. The highest BCUT2D eigenvalue weighted by atomic mass is 16.5. The van der Waals surface area contributed by atoms with Crippen molar-refractivity contribution in [1.29, 1.82) is 0 Å². The van der Waals surface area contributed by atoms with Crippen LogP contribution in [0.4, 0.5) is 0 Å². The number of rotatable bonds is 7. The lowest BCUT2D eigenvalue weighted by Gasteiger charge is -2.13. The Morgan fingerprint density at radius 3 is 2.29 bits per heavy atom. The number of aliphatic imine (C=N–C) groups is 1. The third-order valence-corrected chi connectivity index (χ3v) is 4.94. The summed E-state index contributed by atoms with van der Waals surface area (Å²) >= 11 is 0. The van der Waals surface area contributed by atoms with Crippen LogP contribution in [0.3, 0.4) is 0 Å². The van der Waals surface area contributed by atoms with Crippen molar-refractivity contribution in [3.8, 4) is 5.75 Å². The van der Waals surface area contributed by atoms with Gasteiger partial charge in [-0.2, -0.15) is 0 Å². The van der Waals surface area contributed by atoms with Crippen molar-refractivity contribution in [2.24, 2.45) is 4.99 Å². The van der Waals surface area contributed by atoms with Crippen LogP contribution in [0.5, 0.6) is 5.75 Å². The van der Waals surface area contributed by atoms with Crippen LogP contribution in [0.25, 0.3) is 10.8 Å². The summed E-state index contributed by atoms with van der Waals surface area (Å²) in [5, 5.41) is 8.95. The van der Waals surface area contributed by atoms with Gasteiger partial charge in [0.05, 0.1) is 13.7 Å². The van der Waals surface area contributed by atoms with Gasteiger partial charge in [-0.3, -0.25) is 4.79 Å². The minimum absolute atomic E-state index is 0.00300. The molecular formula is C25H30N4O2. The number of hydrogen-bond acceptors (Lipinski definition) is 3. The molecule has 3 aromatic carbocycles. The number of methoxy groups -OCH3 is 1. The van der Waals surface area contributed by atoms with E-state index in [0.717, 1.165) is 34.8 Å². The molecular weight excluding hydrogens is 388 g/mol. The fraction of sp³-hybridized carbons (Fsp3) is 0.280. The van der Waals surface area contributed by atoms with E-state index in [1.807, 2.05) is 43.3 Å². The summed E-state index contributed by atoms with van der Waals surface area (Å²) in [5.74, 6) is 1.62. The van der Waals surface area contributed by atoms with E-state index >= 15 is 0 Å². The van der Waals surface area contributed by atoms with Gasteiger partial charge >= 0.3 is 0 Å². The Hall–Kier alpha value is -3.54. The number of hydrogen-bond donors (Lipinski definition) is 2. The number of ether oxygens (including phenoxy) is 1. The van der Waals surface area contributed by atoms with Crippen LogP contribution >= 0.6 is 0 Å². The molecule has 31 heavy (non-hydrogen) atoms. The third kappa shape index (κ3) is 5.98. The molecule has 0 atom stereocenters. The number of nitrogens with zero attached hydrogens (tertiary/aromatic N) is 2. The quantitative estimate of drug-likeness (QED) is 0.452. The zero-order valence-electron chi connectivity index (χ0n) is 18.6. The summed E-state index contributed by atoms with van der Waals surface area (Å²) < 4.78 is 5.29. The van der Waals surface area contributed by atoms with Gasteiger partial charge < -0.3 is 20.3 Å². The molecule has 0 saturated carbocycles. The summed E-state index contributed by atoms with van der Waals surface area (Å²) in [7, 11) is 5.18. The first kappa shape index (κ1) is 22.2. The average Bonchev–Trinajstić information content (AvgIpc) is 2.80. The fourth-order valence-corrected chi connectivity index (χ4v) is 3.22. The molecule has 0 aromatic heterocycles. The summed E-state index contributed by atoms with van der Waals surface area (Å²) in [6.45, 7) is 4.02. The highest BCUT2D eigenvalue weighted by Gasteiger charge is 2.07. The van der Waals surface area contributed by atoms with Gasteiger partial charge in [0, 0.05) is 32.7 Å². The molecule has 0 radical (unpaired) electrons. The molecule has 0 spiro atoms. The Balaban J connectivity index is 1.64. The Kier molecular flexibility index (Phi) is 7.49. The highest BCUT2D eigenvalue weighted by molar-refractivity contribution is 5.93. The molecule has 0 fully saturated rings. The van der Waals surface area contributed by atoms with Crippen molar-refractivity contribution in [3.63, 3.8) is 0 Å². The van der Waals surface area contributed by atoms with E-state index in [0.29, 0.717) is 18.7 Å². The zero-order valence-corrected chi connectivity index (χ0v) is 18.6. The van der Waals surface area contributed by atoms with Crippen LogP contribution in [0, 0.1) is 0 Å². The second kappa shape index (κ2) is 10.5. The van der Waals surface area contributed by atoms with Crippen molar-refractivity contribution in [2.45, 2.75) is 20.0 Å². The zero-order chi connectivity index (χ0) is 22.2. The minimum Gasteiger partial charge on any atom is -0.497 e. The second-order valence-corrected chi connectivity index (χ2v) is 7.49. The Morgan fingerprint density at radius 1 is 0.935 bits per heavy atom. The Bertz CT molecular complexity index is 1060. The van der Waals surface area contributed by atoms with Crippen LogP contribution in [0.15, 0.2) is 65.7 Å². The molecule has 0 saturated heterocycles. The summed E-state index contributed by atoms with van der Waals surface area (Å²) in [4.78, 5) is 18.3. The molecule has 0 bridgehead atoms. The summed E-state index contributed by atoms with van der Waals surface area (Å²) in [5.41, 5.74) is 2.91. The standard InChI is InChI=1S/C25H30N4O2/c1-5-26-25(27-16-18-6-9-20(10-7-18)24(30)29(2)3)28-17-19-8-11-22-15-23(31-4)13-12-21(22)14-19/h6-15H,5,16-17H2,1-4H3,(H2,26,27,28). The van der Waals surface area contributed by atoms with E-state index in [9.17, 15) is 4.79 Å². The lowest BCUT2D eigenvalue weighted by molar-refractivity contribution is 0.0827. The lowest BCUT2D eigenvalue weighted by Crippen LogP contribution is -2.36. The molecule has 0 aliphatic carbocycles. The average molecular weight is 419 g/mol. The van der Waals surface area contributed by atoms with Crippen LogP contribution in [-0.4, -0.2) is 44.5 Å². The predicted octanol–water partition coefficient (Wildman–Crippen LogP) is 3.81. The van der Waals surface area contributed by atoms with Crippen molar-refractivity contribution >= 4 is 22.6 Å². The number of fused-ring (bicyclic) bond motifs is 1. The molecule has 1 amide bonds. The highest BCUT2D eigenvalue weighted by Crippen LogP contribution is 2.22. The Morgan fingerprint density at radius 2 is 1.61 bits per heavy atom. The van der Waals surface area contributed by atoms with Gasteiger partial charge in [-0.1, -0.05) is 30.3 Å². The smallest absolute Gasteiger partial charge is 0.253 e. The largest absolute Gasteiger partial charge is 0.497 e. The molecule has 0 heterocycles. The first-order valence-electron chi connectivity index (χ1n) is 10.4. The number of carbonyl (C=O) groups is 1. The molecule has 0 aliphatic rings. The maximum atomic E-state index is 12.0. The maximum Gasteiger partial charge on any atom is 0.253 e. The van der Waals surface area contributed by atoms with Crippen molar-refractivity contribution < 1.29 is 9.53 Å². The first-order chi connectivity index (χ1) is 15.0. The van der Waals surface area contributed by atoms with E-state index in [4.69, 9.17) is 9.73 Å². The molecule has 3 rings (SSSR count). The maximum absolute atomic E-state index is 12.0. The molecule has 0 aliphatic heterocycles. The van der Waals surface area contributed by atoms with Crippen LogP contribution in [0.1, 0.15) is 28.4 Å². The number of guanidine groups is 1. The predicted molar refractivity (Wildman–Crippen MR) is 127 cm³/mol. The van der Waals surface area contributed by atoms with Crippen molar-refractivity contribution in [2.75, 3.05) is 27.7 Å². The van der Waals surface area contributed by atoms with Gasteiger partial charge in [0.1, 0.15) is 5.75 Å². The van der Waals surface area contributed by atoms with Crippen LogP contribution in [-0.2, 0) is 13.1 Å². The molecule has 2 N–H and O–H groups in total. The van der Waals surface area contributed by atoms with E-state index in [1.165, 1.54) is 5.39 Å². The molecule has 162 valence electrons. The van der Waals surface area contributed by atoms with E-state index in [-0.39, 0.29) is 5.91 Å². The number of carbonyl (C=O) groups excluding carboxylic acids is 1. The van der Waals surface area contributed by atoms with Crippen molar-refractivity contribution in [1.82, 2.24) is 15.5 Å². The lowest BCUT2D eigenvalue weighted by atomic mass is 10.1. The Labute approximate surface area is 183 Å². The number of nitrogens with one attached hydrogen (secondary N) is 2. The summed E-state index contributed by atoms with van der Waals surface area (Å²) in [6, 6.07) is 20.0. The molecule has 0 unspecified atom stereocenters. The molecule has 3 aromatic rings. The van der Waals surface area contributed by atoms with E-state index in [2.05, 4.69) is 34.9 Å². The number of amides is 1. The normalized spacial score (nSPS) is 11.3. The number of benzene rings is 3. The van der Waals surface area contributed by atoms with E-state index in [1.54, 1.807) is 26.1 Å². The van der Waals surface area contributed by atoms with Crippen molar-refractivity contribution in [3.05, 3.63) is 77.4 Å². The topological polar surface area (TPSA) is 66.0 Å². The van der Waals surface area contributed by atoms with Gasteiger partial charge in [-0.05, 0) is 59.2 Å².